The Kier molecular flexibility index (Phi) is 3.51. The molecule has 0 fully saturated rings. The number of anilines is 1. The van der Waals surface area contributed by atoms with Crippen LogP contribution in [-0.2, 0) is 0 Å². The average molecular weight is 257 g/mol. The predicted molar refractivity (Wildman–Crippen MR) is 68.1 cm³/mol. The highest BCUT2D eigenvalue weighted by molar-refractivity contribution is 6.07. The van der Waals surface area contributed by atoms with Gasteiger partial charge in [-0.3, -0.25) is 9.78 Å². The van der Waals surface area contributed by atoms with Gasteiger partial charge in [0.2, 0.25) is 0 Å². The zero-order chi connectivity index (χ0) is 13.8. The maximum atomic E-state index is 12.0. The SMILES string of the molecule is Cc1ncccc1C(=O)Nc1cccnc1C(=O)O. The third-order valence-electron chi connectivity index (χ3n) is 2.51. The van der Waals surface area contributed by atoms with Crippen LogP contribution in [0.15, 0.2) is 36.7 Å². The minimum atomic E-state index is -1.20. The van der Waals surface area contributed by atoms with E-state index in [1.165, 1.54) is 12.3 Å². The molecule has 0 aliphatic carbocycles. The van der Waals surface area contributed by atoms with E-state index in [1.807, 2.05) is 0 Å². The number of aromatic carboxylic acids is 1. The van der Waals surface area contributed by atoms with Crippen molar-refractivity contribution in [3.63, 3.8) is 0 Å². The highest BCUT2D eigenvalue weighted by atomic mass is 16.4. The average Bonchev–Trinajstić information content (AvgIpc) is 2.39. The van der Waals surface area contributed by atoms with Crippen molar-refractivity contribution in [2.24, 2.45) is 0 Å². The van der Waals surface area contributed by atoms with Crippen LogP contribution in [0, 0.1) is 6.92 Å². The monoisotopic (exact) mass is 257 g/mol. The van der Waals surface area contributed by atoms with Crippen LogP contribution < -0.4 is 5.32 Å². The Balaban J connectivity index is 2.30. The summed E-state index contributed by atoms with van der Waals surface area (Å²) < 4.78 is 0. The summed E-state index contributed by atoms with van der Waals surface area (Å²) in [6.45, 7) is 1.70. The van der Waals surface area contributed by atoms with Gasteiger partial charge in [0.05, 0.1) is 11.3 Å². The topological polar surface area (TPSA) is 92.2 Å². The number of carbonyl (C=O) groups is 2. The van der Waals surface area contributed by atoms with Gasteiger partial charge < -0.3 is 10.4 Å². The maximum absolute atomic E-state index is 12.0. The van der Waals surface area contributed by atoms with Crippen molar-refractivity contribution >= 4 is 17.6 Å². The lowest BCUT2D eigenvalue weighted by Crippen LogP contribution is -2.17. The van der Waals surface area contributed by atoms with E-state index in [0.717, 1.165) is 0 Å². The van der Waals surface area contributed by atoms with Crippen molar-refractivity contribution in [3.05, 3.63) is 53.6 Å². The van der Waals surface area contributed by atoms with E-state index in [-0.39, 0.29) is 11.4 Å². The number of hydrogen-bond donors (Lipinski definition) is 2. The molecule has 0 saturated carbocycles. The van der Waals surface area contributed by atoms with Gasteiger partial charge in [0, 0.05) is 18.1 Å². The summed E-state index contributed by atoms with van der Waals surface area (Å²) >= 11 is 0. The van der Waals surface area contributed by atoms with Crippen molar-refractivity contribution in [3.8, 4) is 0 Å². The van der Waals surface area contributed by atoms with Gasteiger partial charge in [-0.15, -0.1) is 0 Å². The van der Waals surface area contributed by atoms with Crippen LogP contribution >= 0.6 is 0 Å². The Hall–Kier alpha value is -2.76. The van der Waals surface area contributed by atoms with Crippen molar-refractivity contribution in [2.75, 3.05) is 5.32 Å². The van der Waals surface area contributed by atoms with Crippen molar-refractivity contribution in [2.45, 2.75) is 6.92 Å². The third kappa shape index (κ3) is 2.74. The zero-order valence-electron chi connectivity index (χ0n) is 10.1. The van der Waals surface area contributed by atoms with Gasteiger partial charge in [-0.25, -0.2) is 9.78 Å². The molecule has 0 spiro atoms. The minimum Gasteiger partial charge on any atom is -0.476 e. The number of rotatable bonds is 3. The predicted octanol–water partition coefficient (Wildman–Crippen LogP) is 1.74. The van der Waals surface area contributed by atoms with Crippen LogP contribution in [0.25, 0.3) is 0 Å². The molecule has 6 nitrogen and oxygen atoms in total. The zero-order valence-corrected chi connectivity index (χ0v) is 10.1. The first-order valence-electron chi connectivity index (χ1n) is 5.51. The summed E-state index contributed by atoms with van der Waals surface area (Å²) in [4.78, 5) is 30.7. The number of pyridine rings is 2. The summed E-state index contributed by atoms with van der Waals surface area (Å²) in [7, 11) is 0. The van der Waals surface area contributed by atoms with Crippen LogP contribution in [0.2, 0.25) is 0 Å². The van der Waals surface area contributed by atoms with Gasteiger partial charge >= 0.3 is 5.97 Å². The normalized spacial score (nSPS) is 9.95. The second-order valence-corrected chi connectivity index (χ2v) is 3.80. The first-order valence-corrected chi connectivity index (χ1v) is 5.51. The molecule has 6 heteroatoms. The first kappa shape index (κ1) is 12.7. The van der Waals surface area contributed by atoms with Crippen molar-refractivity contribution in [1.29, 1.82) is 0 Å². The third-order valence-corrected chi connectivity index (χ3v) is 2.51. The molecule has 0 bridgehead atoms. The summed E-state index contributed by atoms with van der Waals surface area (Å²) in [5, 5.41) is 11.5. The molecule has 96 valence electrons. The maximum Gasteiger partial charge on any atom is 0.356 e. The molecular formula is C13H11N3O3. The van der Waals surface area contributed by atoms with E-state index in [9.17, 15) is 9.59 Å². The van der Waals surface area contributed by atoms with E-state index in [0.29, 0.717) is 11.3 Å². The molecule has 0 aromatic carbocycles. The number of nitrogens with one attached hydrogen (secondary N) is 1. The Morgan fingerprint density at radius 1 is 1.16 bits per heavy atom. The molecule has 19 heavy (non-hydrogen) atoms. The number of carboxylic acids is 1. The fourth-order valence-electron chi connectivity index (χ4n) is 1.59. The molecule has 0 aliphatic rings. The molecule has 0 unspecified atom stereocenters. The summed E-state index contributed by atoms with van der Waals surface area (Å²) in [6, 6.07) is 6.30. The lowest BCUT2D eigenvalue weighted by atomic mass is 10.2. The van der Waals surface area contributed by atoms with Gasteiger partial charge in [0.15, 0.2) is 5.69 Å². The number of carboxylic acid groups (broad SMARTS) is 1. The van der Waals surface area contributed by atoms with Crippen LogP contribution in [0.4, 0.5) is 5.69 Å². The van der Waals surface area contributed by atoms with Gasteiger partial charge in [-0.1, -0.05) is 0 Å². The Bertz CT molecular complexity index is 641. The molecule has 0 atom stereocenters. The molecule has 0 saturated heterocycles. The van der Waals surface area contributed by atoms with Crippen LogP contribution in [0.5, 0.6) is 0 Å². The van der Waals surface area contributed by atoms with Crippen LogP contribution in [-0.4, -0.2) is 27.0 Å². The number of aryl methyl sites for hydroxylation is 1. The number of carbonyl (C=O) groups excluding carboxylic acids is 1. The van der Waals surface area contributed by atoms with Gasteiger partial charge in [-0.2, -0.15) is 0 Å². The smallest absolute Gasteiger partial charge is 0.356 e. The van der Waals surface area contributed by atoms with Gasteiger partial charge in [-0.05, 0) is 31.2 Å². The van der Waals surface area contributed by atoms with Gasteiger partial charge in [0.25, 0.3) is 5.91 Å². The second kappa shape index (κ2) is 5.26. The van der Waals surface area contributed by atoms with E-state index < -0.39 is 11.9 Å². The molecule has 2 aromatic rings. The summed E-state index contributed by atoms with van der Waals surface area (Å²) in [6.07, 6.45) is 2.94. The quantitative estimate of drug-likeness (QED) is 0.873. The van der Waals surface area contributed by atoms with Crippen molar-refractivity contribution < 1.29 is 14.7 Å². The van der Waals surface area contributed by atoms with Crippen molar-refractivity contribution in [1.82, 2.24) is 9.97 Å². The van der Waals surface area contributed by atoms with Crippen LogP contribution in [0.1, 0.15) is 26.5 Å². The molecule has 2 heterocycles. The second-order valence-electron chi connectivity index (χ2n) is 3.80. The van der Waals surface area contributed by atoms with E-state index in [4.69, 9.17) is 5.11 Å². The molecular weight excluding hydrogens is 246 g/mol. The molecule has 2 rings (SSSR count). The number of nitrogens with zero attached hydrogens (tertiary/aromatic N) is 2. The Morgan fingerprint density at radius 2 is 1.84 bits per heavy atom. The fourth-order valence-corrected chi connectivity index (χ4v) is 1.59. The first-order chi connectivity index (χ1) is 9.09. The highest BCUT2D eigenvalue weighted by Crippen LogP contribution is 2.14. The van der Waals surface area contributed by atoms with Crippen LogP contribution in [0.3, 0.4) is 0 Å². The van der Waals surface area contributed by atoms with E-state index in [2.05, 4.69) is 15.3 Å². The van der Waals surface area contributed by atoms with E-state index >= 15 is 0 Å². The largest absolute Gasteiger partial charge is 0.476 e. The standard InChI is InChI=1S/C13H11N3O3/c1-8-9(4-2-6-14-8)12(17)16-10-5-3-7-15-11(10)13(18)19/h2-7H,1H3,(H,16,17)(H,18,19). The molecule has 0 aliphatic heterocycles. The lowest BCUT2D eigenvalue weighted by molar-refractivity contribution is 0.0692. The minimum absolute atomic E-state index is 0.156. The Morgan fingerprint density at radius 3 is 2.53 bits per heavy atom. The highest BCUT2D eigenvalue weighted by Gasteiger charge is 2.15. The number of aromatic nitrogens is 2. The molecule has 0 radical (unpaired) electrons. The lowest BCUT2D eigenvalue weighted by Gasteiger charge is -2.08. The fraction of sp³-hybridized carbons (Fsp3) is 0.0769. The molecule has 2 N–H and O–H groups in total. The van der Waals surface area contributed by atoms with E-state index in [1.54, 1.807) is 31.3 Å². The molecule has 1 amide bonds. The number of amides is 1. The summed E-state index contributed by atoms with van der Waals surface area (Å²) in [5.41, 5.74) is 0.920. The molecule has 2 aromatic heterocycles. The Labute approximate surface area is 109 Å². The van der Waals surface area contributed by atoms with Gasteiger partial charge in [0.1, 0.15) is 0 Å². The number of hydrogen-bond acceptors (Lipinski definition) is 4. The summed E-state index contributed by atoms with van der Waals surface area (Å²) in [5.74, 6) is -1.61.